The summed E-state index contributed by atoms with van der Waals surface area (Å²) in [5.41, 5.74) is 0.851. The predicted molar refractivity (Wildman–Crippen MR) is 102 cm³/mol. The number of hydrogen-bond donors (Lipinski definition) is 6. The first kappa shape index (κ1) is 23.1. The van der Waals surface area contributed by atoms with Crippen molar-refractivity contribution in [2.24, 2.45) is 0 Å². The molecule has 0 bridgehead atoms. The van der Waals surface area contributed by atoms with E-state index in [2.05, 4.69) is 6.58 Å². The summed E-state index contributed by atoms with van der Waals surface area (Å²) in [5.74, 6) is 0.355. The van der Waals surface area contributed by atoms with Crippen LogP contribution in [0.5, 0.6) is 5.75 Å². The lowest BCUT2D eigenvalue weighted by molar-refractivity contribution is -0.354. The van der Waals surface area contributed by atoms with E-state index in [1.165, 1.54) is 6.92 Å². The zero-order valence-electron chi connectivity index (χ0n) is 16.4. The minimum Gasteiger partial charge on any atom is -0.462 e. The molecule has 30 heavy (non-hydrogen) atoms. The first-order chi connectivity index (χ1) is 14.3. The highest BCUT2D eigenvalue weighted by atomic mass is 16.8. The van der Waals surface area contributed by atoms with Gasteiger partial charge in [0.25, 0.3) is 0 Å². The smallest absolute Gasteiger partial charge is 0.229 e. The Hall–Kier alpha value is -1.60. The maximum atomic E-state index is 10.6. The zero-order chi connectivity index (χ0) is 22.0. The molecule has 0 aliphatic carbocycles. The van der Waals surface area contributed by atoms with Crippen molar-refractivity contribution in [3.8, 4) is 5.75 Å². The largest absolute Gasteiger partial charge is 0.462 e. The van der Waals surface area contributed by atoms with Crippen LogP contribution in [0.15, 0.2) is 30.8 Å². The Labute approximate surface area is 173 Å². The molecule has 2 heterocycles. The summed E-state index contributed by atoms with van der Waals surface area (Å²) < 4.78 is 22.4. The van der Waals surface area contributed by atoms with E-state index in [0.29, 0.717) is 5.75 Å². The summed E-state index contributed by atoms with van der Waals surface area (Å²) in [6.45, 7) is 4.57. The van der Waals surface area contributed by atoms with E-state index in [1.54, 1.807) is 30.3 Å². The molecular formula is C20H28O10. The molecule has 2 fully saturated rings. The first-order valence-corrected chi connectivity index (χ1v) is 9.63. The van der Waals surface area contributed by atoms with E-state index in [0.717, 1.165) is 5.56 Å². The number of rotatable bonds is 6. The molecule has 0 unspecified atom stereocenters. The van der Waals surface area contributed by atoms with E-state index in [4.69, 9.17) is 18.9 Å². The molecule has 2 aliphatic heterocycles. The van der Waals surface area contributed by atoms with Crippen LogP contribution >= 0.6 is 0 Å². The first-order valence-electron chi connectivity index (χ1n) is 9.63. The molecule has 0 amide bonds. The van der Waals surface area contributed by atoms with Gasteiger partial charge in [0.05, 0.1) is 12.7 Å². The van der Waals surface area contributed by atoms with Gasteiger partial charge in [-0.15, -0.1) is 0 Å². The van der Waals surface area contributed by atoms with Crippen molar-refractivity contribution in [2.75, 3.05) is 6.61 Å². The number of aliphatic hydroxyl groups is 6. The predicted octanol–water partition coefficient (Wildman–Crippen LogP) is -1.64. The maximum absolute atomic E-state index is 10.6. The van der Waals surface area contributed by atoms with Crippen molar-refractivity contribution in [1.29, 1.82) is 0 Å². The lowest BCUT2D eigenvalue weighted by atomic mass is 9.97. The molecular weight excluding hydrogens is 400 g/mol. The van der Waals surface area contributed by atoms with Crippen molar-refractivity contribution in [3.05, 3.63) is 36.4 Å². The van der Waals surface area contributed by atoms with Crippen LogP contribution < -0.4 is 4.74 Å². The molecule has 0 spiro atoms. The van der Waals surface area contributed by atoms with E-state index >= 15 is 0 Å². The van der Waals surface area contributed by atoms with E-state index < -0.39 is 68.0 Å². The molecule has 1 aromatic carbocycles. The Morgan fingerprint density at radius 1 is 0.900 bits per heavy atom. The number of aliphatic hydroxyl groups excluding tert-OH is 6. The van der Waals surface area contributed by atoms with Crippen molar-refractivity contribution in [2.45, 2.75) is 68.3 Å². The fourth-order valence-corrected chi connectivity index (χ4v) is 3.39. The normalized spacial score (nSPS) is 42.0. The third kappa shape index (κ3) is 4.67. The fourth-order valence-electron chi connectivity index (χ4n) is 3.39. The molecule has 10 atom stereocenters. The van der Waals surface area contributed by atoms with Crippen LogP contribution in [-0.4, -0.2) is 98.7 Å². The van der Waals surface area contributed by atoms with Gasteiger partial charge in [-0.1, -0.05) is 24.8 Å². The van der Waals surface area contributed by atoms with Crippen LogP contribution in [0.3, 0.4) is 0 Å². The second-order valence-electron chi connectivity index (χ2n) is 7.38. The molecule has 0 saturated carbocycles. The van der Waals surface area contributed by atoms with Crippen LogP contribution in [0.4, 0.5) is 0 Å². The molecule has 3 rings (SSSR count). The molecule has 0 radical (unpaired) electrons. The maximum Gasteiger partial charge on any atom is 0.229 e. The molecule has 1 aromatic rings. The second-order valence-corrected chi connectivity index (χ2v) is 7.38. The molecule has 2 aliphatic rings. The van der Waals surface area contributed by atoms with Crippen molar-refractivity contribution in [3.63, 3.8) is 0 Å². The highest BCUT2D eigenvalue weighted by molar-refractivity contribution is 5.48. The van der Waals surface area contributed by atoms with E-state index in [9.17, 15) is 30.6 Å². The van der Waals surface area contributed by atoms with Gasteiger partial charge in [0.1, 0.15) is 42.4 Å². The Morgan fingerprint density at radius 2 is 1.57 bits per heavy atom. The SMILES string of the molecule is C=Cc1ccc(O[C@@H]2O[C@H](CO)[C@@H](O)[C@H](O)[C@H]2O[C@@H]2O[C@@H](C)[C@@H](O)[C@@H](O)[C@H]2O)cc1. The van der Waals surface area contributed by atoms with Gasteiger partial charge in [0.15, 0.2) is 12.4 Å². The summed E-state index contributed by atoms with van der Waals surface area (Å²) in [4.78, 5) is 0. The Morgan fingerprint density at radius 3 is 2.17 bits per heavy atom. The van der Waals surface area contributed by atoms with Crippen LogP contribution in [0.25, 0.3) is 6.08 Å². The summed E-state index contributed by atoms with van der Waals surface area (Å²) in [6, 6.07) is 6.75. The molecule has 0 aromatic heterocycles. The Kier molecular flexibility index (Phi) is 7.45. The van der Waals surface area contributed by atoms with Crippen LogP contribution in [0, 0.1) is 0 Å². The highest BCUT2D eigenvalue weighted by Gasteiger charge is 2.50. The second kappa shape index (κ2) is 9.69. The van der Waals surface area contributed by atoms with Gasteiger partial charge >= 0.3 is 0 Å². The summed E-state index contributed by atoms with van der Waals surface area (Å²) in [5, 5.41) is 60.3. The quantitative estimate of drug-likeness (QED) is 0.310. The van der Waals surface area contributed by atoms with Gasteiger partial charge in [-0.3, -0.25) is 0 Å². The van der Waals surface area contributed by atoms with Crippen LogP contribution in [-0.2, 0) is 14.2 Å². The van der Waals surface area contributed by atoms with Gasteiger partial charge in [0, 0.05) is 0 Å². The lowest BCUT2D eigenvalue weighted by Gasteiger charge is -2.45. The van der Waals surface area contributed by atoms with E-state index in [1.807, 2.05) is 0 Å². The molecule has 2 saturated heterocycles. The van der Waals surface area contributed by atoms with Gasteiger partial charge in [-0.25, -0.2) is 0 Å². The Balaban J connectivity index is 1.80. The molecule has 10 heteroatoms. The highest BCUT2D eigenvalue weighted by Crippen LogP contribution is 2.30. The summed E-state index contributed by atoms with van der Waals surface area (Å²) in [7, 11) is 0. The topological polar surface area (TPSA) is 158 Å². The molecule has 168 valence electrons. The average Bonchev–Trinajstić information content (AvgIpc) is 2.75. The van der Waals surface area contributed by atoms with E-state index in [-0.39, 0.29) is 0 Å². The van der Waals surface area contributed by atoms with Gasteiger partial charge in [-0.05, 0) is 24.6 Å². The summed E-state index contributed by atoms with van der Waals surface area (Å²) in [6.07, 6.45) is -12.0. The Bertz CT molecular complexity index is 697. The number of hydrogen-bond acceptors (Lipinski definition) is 10. The average molecular weight is 428 g/mol. The van der Waals surface area contributed by atoms with Crippen molar-refractivity contribution >= 4 is 6.08 Å². The number of benzene rings is 1. The lowest BCUT2D eigenvalue weighted by Crippen LogP contribution is -2.64. The summed E-state index contributed by atoms with van der Waals surface area (Å²) >= 11 is 0. The third-order valence-corrected chi connectivity index (χ3v) is 5.29. The minimum absolute atomic E-state index is 0.355. The minimum atomic E-state index is -1.62. The van der Waals surface area contributed by atoms with Crippen molar-refractivity contribution < 1.29 is 49.6 Å². The van der Waals surface area contributed by atoms with Crippen LogP contribution in [0.2, 0.25) is 0 Å². The fraction of sp³-hybridized carbons (Fsp3) is 0.600. The number of ether oxygens (including phenoxy) is 4. The van der Waals surface area contributed by atoms with Crippen molar-refractivity contribution in [1.82, 2.24) is 0 Å². The molecule has 6 N–H and O–H groups in total. The third-order valence-electron chi connectivity index (χ3n) is 5.29. The van der Waals surface area contributed by atoms with Crippen LogP contribution in [0.1, 0.15) is 12.5 Å². The standard InChI is InChI=1S/C20H28O10/c1-3-10-4-6-11(7-5-10)28-20-18(16(25)14(23)12(8-21)29-20)30-19-17(26)15(24)13(22)9(2)27-19/h3-7,9,12-26H,1,8H2,2H3/t9-,12+,13+,14+,15+,16-,17+,18+,19-,20+/m0/s1. The van der Waals surface area contributed by atoms with Gasteiger partial charge < -0.3 is 49.6 Å². The van der Waals surface area contributed by atoms with Gasteiger partial charge in [-0.2, -0.15) is 0 Å². The molecule has 10 nitrogen and oxygen atoms in total. The zero-order valence-corrected chi connectivity index (χ0v) is 16.4. The monoisotopic (exact) mass is 428 g/mol. The van der Waals surface area contributed by atoms with Gasteiger partial charge in [0.2, 0.25) is 6.29 Å².